The predicted octanol–water partition coefficient (Wildman–Crippen LogP) is 3.70. The Morgan fingerprint density at radius 1 is 1.07 bits per heavy atom. The number of carbonyl (C=O) groups excluding carboxylic acids is 3. The number of hydrogen-bond acceptors (Lipinski definition) is 6. The molecular formula is C30H32N4O6. The number of anilines is 3. The number of carboxylic acid groups (broad SMARTS) is 1. The molecule has 10 nitrogen and oxygen atoms in total. The number of para-hydroxylation sites is 1. The van der Waals surface area contributed by atoms with Gasteiger partial charge < -0.3 is 30.7 Å². The number of ether oxygens (including phenoxy) is 1. The van der Waals surface area contributed by atoms with Crippen LogP contribution in [0, 0.1) is 0 Å². The van der Waals surface area contributed by atoms with E-state index in [0.717, 1.165) is 11.3 Å². The number of nitrogens with one attached hydrogen (secondary N) is 3. The summed E-state index contributed by atoms with van der Waals surface area (Å²) in [7, 11) is 3.13. The minimum Gasteiger partial charge on any atom is -0.495 e. The average Bonchev–Trinajstić information content (AvgIpc) is 3.37. The maximum atomic E-state index is 13.1. The van der Waals surface area contributed by atoms with Gasteiger partial charge in [0.05, 0.1) is 37.6 Å². The predicted molar refractivity (Wildman–Crippen MR) is 152 cm³/mol. The van der Waals surface area contributed by atoms with Crippen molar-refractivity contribution >= 4 is 40.8 Å². The Kier molecular flexibility index (Phi) is 8.68. The van der Waals surface area contributed by atoms with E-state index in [1.807, 2.05) is 24.3 Å². The fourth-order valence-corrected chi connectivity index (χ4v) is 4.75. The van der Waals surface area contributed by atoms with Gasteiger partial charge in [0.15, 0.2) is 0 Å². The summed E-state index contributed by atoms with van der Waals surface area (Å²) in [5.74, 6) is -1.65. The van der Waals surface area contributed by atoms with Crippen molar-refractivity contribution < 1.29 is 29.0 Å². The summed E-state index contributed by atoms with van der Waals surface area (Å²) in [5.41, 5.74) is 4.24. The van der Waals surface area contributed by atoms with Crippen molar-refractivity contribution in [1.29, 1.82) is 0 Å². The first-order valence-electron chi connectivity index (χ1n) is 12.8. The smallest absolute Gasteiger partial charge is 0.305 e. The first-order chi connectivity index (χ1) is 19.2. The fraction of sp³-hybridized carbons (Fsp3) is 0.267. The highest BCUT2D eigenvalue weighted by molar-refractivity contribution is 5.99. The molecule has 0 bridgehead atoms. The summed E-state index contributed by atoms with van der Waals surface area (Å²) < 4.78 is 5.51. The Labute approximate surface area is 232 Å². The topological polar surface area (TPSA) is 137 Å². The third-order valence-corrected chi connectivity index (χ3v) is 6.82. The van der Waals surface area contributed by atoms with Gasteiger partial charge in [0, 0.05) is 31.9 Å². The normalized spacial score (nSPS) is 14.3. The first-order valence-corrected chi connectivity index (χ1v) is 12.8. The summed E-state index contributed by atoms with van der Waals surface area (Å²) in [4.78, 5) is 50.5. The summed E-state index contributed by atoms with van der Waals surface area (Å²) >= 11 is 0. The van der Waals surface area contributed by atoms with Crippen molar-refractivity contribution in [3.8, 4) is 5.75 Å². The molecule has 208 valence electrons. The third kappa shape index (κ3) is 6.58. The molecule has 0 radical (unpaired) electrons. The van der Waals surface area contributed by atoms with Crippen molar-refractivity contribution in [2.45, 2.75) is 31.7 Å². The van der Waals surface area contributed by atoms with Crippen LogP contribution in [0.4, 0.5) is 17.1 Å². The van der Waals surface area contributed by atoms with Gasteiger partial charge in [0.25, 0.3) is 0 Å². The summed E-state index contributed by atoms with van der Waals surface area (Å²) in [5, 5.41) is 18.1. The number of hydrogen-bond donors (Lipinski definition) is 4. The van der Waals surface area contributed by atoms with Gasteiger partial charge in [-0.05, 0) is 47.0 Å². The number of carboxylic acids is 1. The third-order valence-electron chi connectivity index (χ3n) is 6.82. The molecule has 4 N–H and O–H groups in total. The van der Waals surface area contributed by atoms with Gasteiger partial charge in [0.1, 0.15) is 5.75 Å². The van der Waals surface area contributed by atoms with Crippen LogP contribution < -0.4 is 25.6 Å². The van der Waals surface area contributed by atoms with Crippen molar-refractivity contribution in [3.63, 3.8) is 0 Å². The van der Waals surface area contributed by atoms with Crippen LogP contribution in [0.1, 0.15) is 42.0 Å². The molecule has 0 fully saturated rings. The number of aliphatic carboxylic acids is 1. The molecule has 3 aromatic carbocycles. The molecule has 0 aliphatic carbocycles. The first kappa shape index (κ1) is 28.2. The van der Waals surface area contributed by atoms with E-state index in [9.17, 15) is 24.3 Å². The van der Waals surface area contributed by atoms with Crippen LogP contribution in [0.2, 0.25) is 0 Å². The lowest BCUT2D eigenvalue weighted by Crippen LogP contribution is -2.30. The van der Waals surface area contributed by atoms with Crippen molar-refractivity contribution in [3.05, 3.63) is 83.4 Å². The summed E-state index contributed by atoms with van der Waals surface area (Å²) in [6, 6.07) is 19.0. The number of likely N-dealkylation sites (N-methyl/N-ethyl adjacent to an activating group) is 1. The average molecular weight is 545 g/mol. The van der Waals surface area contributed by atoms with Gasteiger partial charge >= 0.3 is 5.97 Å². The quantitative estimate of drug-likeness (QED) is 0.305. The van der Waals surface area contributed by atoms with Crippen LogP contribution in [-0.4, -0.2) is 49.5 Å². The van der Waals surface area contributed by atoms with Crippen LogP contribution >= 0.6 is 0 Å². The number of methoxy groups -OCH3 is 1. The van der Waals surface area contributed by atoms with Crippen molar-refractivity contribution in [2.75, 3.05) is 36.2 Å². The molecule has 4 rings (SSSR count). The van der Waals surface area contributed by atoms with E-state index in [0.29, 0.717) is 34.8 Å². The van der Waals surface area contributed by atoms with E-state index in [1.54, 1.807) is 49.5 Å². The zero-order valence-corrected chi connectivity index (χ0v) is 22.6. The van der Waals surface area contributed by atoms with Gasteiger partial charge in [-0.3, -0.25) is 19.2 Å². The second-order valence-electron chi connectivity index (χ2n) is 9.62. The van der Waals surface area contributed by atoms with Gasteiger partial charge in [-0.2, -0.15) is 0 Å². The molecule has 1 aliphatic rings. The lowest BCUT2D eigenvalue weighted by Gasteiger charge is -2.21. The van der Waals surface area contributed by atoms with Crippen LogP contribution in [0.25, 0.3) is 0 Å². The van der Waals surface area contributed by atoms with E-state index in [2.05, 4.69) is 16.0 Å². The van der Waals surface area contributed by atoms with Gasteiger partial charge in [-0.25, -0.2) is 0 Å². The molecule has 40 heavy (non-hydrogen) atoms. The Balaban J connectivity index is 1.45. The number of nitrogens with zero attached hydrogens (tertiary/aromatic N) is 1. The van der Waals surface area contributed by atoms with E-state index in [4.69, 9.17) is 4.74 Å². The van der Waals surface area contributed by atoms with E-state index >= 15 is 0 Å². The van der Waals surface area contributed by atoms with E-state index in [-0.39, 0.29) is 36.5 Å². The summed E-state index contributed by atoms with van der Waals surface area (Å²) in [6.07, 6.45) is -0.220. The second kappa shape index (κ2) is 12.3. The maximum absolute atomic E-state index is 13.1. The Bertz CT molecular complexity index is 1420. The zero-order chi connectivity index (χ0) is 28.8. The van der Waals surface area contributed by atoms with Gasteiger partial charge in [-0.15, -0.1) is 0 Å². The lowest BCUT2D eigenvalue weighted by atomic mass is 10.0. The molecule has 0 aromatic heterocycles. The van der Waals surface area contributed by atoms with Gasteiger partial charge in [0.2, 0.25) is 17.7 Å². The van der Waals surface area contributed by atoms with Crippen molar-refractivity contribution in [2.24, 2.45) is 0 Å². The number of fused-ring (bicyclic) bond motifs is 1. The molecule has 1 heterocycles. The highest BCUT2D eigenvalue weighted by Crippen LogP contribution is 2.33. The minimum atomic E-state index is -1.05. The molecule has 0 saturated carbocycles. The van der Waals surface area contributed by atoms with E-state index in [1.165, 1.54) is 18.9 Å². The monoisotopic (exact) mass is 544 g/mol. The Hall–Kier alpha value is -4.86. The largest absolute Gasteiger partial charge is 0.495 e. The fourth-order valence-electron chi connectivity index (χ4n) is 4.75. The number of rotatable bonds is 10. The Morgan fingerprint density at radius 2 is 1.85 bits per heavy atom. The number of carbonyl (C=O) groups is 4. The summed E-state index contributed by atoms with van der Waals surface area (Å²) in [6.45, 7) is 1.83. The molecular weight excluding hydrogens is 512 g/mol. The van der Waals surface area contributed by atoms with E-state index < -0.39 is 12.0 Å². The van der Waals surface area contributed by atoms with Crippen LogP contribution in [-0.2, 0) is 25.6 Å². The standard InChI is InChI=1S/C30H32N4O6/c1-18(35)32-26(16-29(37)38)20-7-6-8-21(15-20)34(2)28(36)14-19-11-12-25(27(13-19)40-3)33-30(39)23-17-31-24-10-5-4-9-22(23)24/h4-13,15,23,26,31H,14,16-17H2,1-3H3,(H,32,35)(H,33,39)(H,37,38). The highest BCUT2D eigenvalue weighted by atomic mass is 16.5. The van der Waals surface area contributed by atoms with Crippen LogP contribution in [0.3, 0.4) is 0 Å². The molecule has 2 unspecified atom stereocenters. The second-order valence-corrected chi connectivity index (χ2v) is 9.62. The maximum Gasteiger partial charge on any atom is 0.305 e. The molecule has 2 atom stereocenters. The van der Waals surface area contributed by atoms with Crippen molar-refractivity contribution in [1.82, 2.24) is 5.32 Å². The highest BCUT2D eigenvalue weighted by Gasteiger charge is 2.28. The number of benzene rings is 3. The van der Waals surface area contributed by atoms with Crippen LogP contribution in [0.15, 0.2) is 66.7 Å². The van der Waals surface area contributed by atoms with Crippen LogP contribution in [0.5, 0.6) is 5.75 Å². The zero-order valence-electron chi connectivity index (χ0n) is 22.6. The molecule has 0 spiro atoms. The molecule has 1 aliphatic heterocycles. The molecule has 10 heteroatoms. The number of amides is 3. The molecule has 0 saturated heterocycles. The Morgan fingerprint density at radius 3 is 2.58 bits per heavy atom. The minimum absolute atomic E-state index is 0.0650. The lowest BCUT2D eigenvalue weighted by molar-refractivity contribution is -0.137. The van der Waals surface area contributed by atoms with Gasteiger partial charge in [-0.1, -0.05) is 36.4 Å². The SMILES string of the molecule is COc1cc(CC(=O)N(C)c2cccc(C(CC(=O)O)NC(C)=O)c2)ccc1NC(=O)C1CNc2ccccc21. The molecule has 3 amide bonds. The molecule has 3 aromatic rings.